The molecular formula is C10H21N2O4PS2. The van der Waals surface area contributed by atoms with Crippen LogP contribution in [0.15, 0.2) is 5.10 Å². The van der Waals surface area contributed by atoms with E-state index in [4.69, 9.17) is 13.8 Å². The molecule has 0 amide bonds. The normalized spacial score (nSPS) is 14.2. The van der Waals surface area contributed by atoms with Gasteiger partial charge in [0.15, 0.2) is 5.78 Å². The Kier molecular flexibility index (Phi) is 9.82. The summed E-state index contributed by atoms with van der Waals surface area (Å²) in [4.78, 5) is 12.0. The van der Waals surface area contributed by atoms with Crippen LogP contribution in [0.2, 0.25) is 0 Å². The Labute approximate surface area is 123 Å². The maximum atomic E-state index is 12.8. The summed E-state index contributed by atoms with van der Waals surface area (Å²) in [6.07, 6.45) is 0.956. The minimum Gasteiger partial charge on any atom is -0.323 e. The van der Waals surface area contributed by atoms with E-state index < -0.39 is 19.0 Å². The summed E-state index contributed by atoms with van der Waals surface area (Å²) >= 11 is 2.03. The molecule has 0 aromatic carbocycles. The monoisotopic (exact) mass is 328 g/mol. The van der Waals surface area contributed by atoms with Gasteiger partial charge in [-0.15, -0.1) is 0 Å². The molecule has 0 bridgehead atoms. The van der Waals surface area contributed by atoms with E-state index in [0.717, 1.165) is 30.3 Å². The number of ketones is 1. The standard InChI is InChI=1S/C10H21N2O4PS2/c1-5-18-15-17(14,16-19-6-2)10(8(3)4)9(13)7-12-11/h7-8,10H,5-6,11H2,1-4H3/t10-/m0/s1. The number of carbonyl (C=O) groups excluding carboxylic acids is 1. The SMILES string of the molecule is CCSOP(=O)(OSCC)[C@H](C(=O)C=NN)C(C)C. The lowest BCUT2D eigenvalue weighted by atomic mass is 10.1. The molecule has 0 aromatic rings. The van der Waals surface area contributed by atoms with E-state index in [0.29, 0.717) is 11.5 Å². The Morgan fingerprint density at radius 2 is 1.79 bits per heavy atom. The second-order valence-corrected chi connectivity index (χ2v) is 8.33. The molecule has 0 saturated heterocycles. The van der Waals surface area contributed by atoms with E-state index in [-0.39, 0.29) is 5.92 Å². The number of hydrogen-bond donors (Lipinski definition) is 1. The van der Waals surface area contributed by atoms with E-state index in [1.165, 1.54) is 0 Å². The van der Waals surface area contributed by atoms with Crippen LogP contribution in [0, 0.1) is 5.92 Å². The van der Waals surface area contributed by atoms with Gasteiger partial charge in [-0.25, -0.2) is 7.94 Å². The second-order valence-electron chi connectivity index (χ2n) is 3.87. The van der Waals surface area contributed by atoms with Crippen molar-refractivity contribution in [3.63, 3.8) is 0 Å². The third-order valence-corrected chi connectivity index (χ3v) is 6.52. The minimum atomic E-state index is -3.57. The molecule has 0 unspecified atom stereocenters. The highest BCUT2D eigenvalue weighted by Gasteiger charge is 2.43. The molecule has 112 valence electrons. The molecule has 19 heavy (non-hydrogen) atoms. The molecule has 0 aliphatic carbocycles. The predicted octanol–water partition coefficient (Wildman–Crippen LogP) is 3.09. The number of rotatable bonds is 10. The van der Waals surface area contributed by atoms with E-state index in [2.05, 4.69) is 5.10 Å². The number of nitrogens with two attached hydrogens (primary N) is 1. The molecule has 0 aromatic heterocycles. The molecule has 0 aliphatic rings. The van der Waals surface area contributed by atoms with Crippen molar-refractivity contribution >= 4 is 43.7 Å². The van der Waals surface area contributed by atoms with Crippen molar-refractivity contribution < 1.29 is 17.3 Å². The zero-order valence-electron chi connectivity index (χ0n) is 11.6. The zero-order chi connectivity index (χ0) is 14.9. The van der Waals surface area contributed by atoms with Crippen molar-refractivity contribution in [1.29, 1.82) is 0 Å². The van der Waals surface area contributed by atoms with Crippen LogP contribution in [0.3, 0.4) is 0 Å². The molecule has 1 atom stereocenters. The van der Waals surface area contributed by atoms with Gasteiger partial charge in [-0.05, 0) is 5.92 Å². The van der Waals surface area contributed by atoms with Gasteiger partial charge in [0.05, 0.1) is 6.21 Å². The quantitative estimate of drug-likeness (QED) is 0.217. The Bertz CT molecular complexity index is 340. The summed E-state index contributed by atoms with van der Waals surface area (Å²) < 4.78 is 23.3. The first-order valence-electron chi connectivity index (χ1n) is 5.92. The largest absolute Gasteiger partial charge is 0.363 e. The predicted molar refractivity (Wildman–Crippen MR) is 82.4 cm³/mol. The van der Waals surface area contributed by atoms with Crippen molar-refractivity contribution in [2.45, 2.75) is 33.4 Å². The fourth-order valence-electron chi connectivity index (χ4n) is 1.36. The smallest absolute Gasteiger partial charge is 0.323 e. The van der Waals surface area contributed by atoms with Gasteiger partial charge in [0, 0.05) is 35.6 Å². The molecule has 0 fully saturated rings. The van der Waals surface area contributed by atoms with Crippen LogP contribution in [-0.4, -0.2) is 29.2 Å². The number of Topliss-reactive ketones (excluding diaryl/α,β-unsaturated/α-hetero) is 1. The van der Waals surface area contributed by atoms with Gasteiger partial charge in [0.1, 0.15) is 5.66 Å². The molecule has 0 aliphatic heterocycles. The Balaban J connectivity index is 5.23. The summed E-state index contributed by atoms with van der Waals surface area (Å²) in [5.74, 6) is 5.52. The van der Waals surface area contributed by atoms with Gasteiger partial charge in [-0.1, -0.05) is 27.7 Å². The van der Waals surface area contributed by atoms with Crippen molar-refractivity contribution in [3.05, 3.63) is 0 Å². The highest BCUT2D eigenvalue weighted by atomic mass is 32.2. The van der Waals surface area contributed by atoms with E-state index in [1.807, 2.05) is 13.8 Å². The van der Waals surface area contributed by atoms with E-state index in [9.17, 15) is 9.36 Å². The average Bonchev–Trinajstić information content (AvgIpc) is 2.34. The Morgan fingerprint density at radius 1 is 1.32 bits per heavy atom. The third kappa shape index (κ3) is 6.31. The molecule has 0 spiro atoms. The van der Waals surface area contributed by atoms with Gasteiger partial charge in [0.2, 0.25) is 0 Å². The number of carbonyl (C=O) groups is 1. The highest BCUT2D eigenvalue weighted by Crippen LogP contribution is 2.60. The van der Waals surface area contributed by atoms with Crippen LogP contribution in [0.1, 0.15) is 27.7 Å². The summed E-state index contributed by atoms with van der Waals surface area (Å²) in [5, 5.41) is 3.19. The topological polar surface area (TPSA) is 91.0 Å². The molecule has 2 N–H and O–H groups in total. The number of hydrogen-bond acceptors (Lipinski definition) is 8. The maximum Gasteiger partial charge on any atom is 0.363 e. The summed E-state index contributed by atoms with van der Waals surface area (Å²) in [5.41, 5.74) is -0.905. The van der Waals surface area contributed by atoms with Gasteiger partial charge < -0.3 is 5.84 Å². The van der Waals surface area contributed by atoms with Crippen LogP contribution < -0.4 is 5.84 Å². The van der Waals surface area contributed by atoms with Gasteiger partial charge in [-0.3, -0.25) is 9.36 Å². The van der Waals surface area contributed by atoms with Gasteiger partial charge in [-0.2, -0.15) is 5.10 Å². The van der Waals surface area contributed by atoms with E-state index >= 15 is 0 Å². The number of hydrazone groups is 1. The first-order chi connectivity index (χ1) is 8.92. The lowest BCUT2D eigenvalue weighted by Crippen LogP contribution is -2.28. The van der Waals surface area contributed by atoms with Crippen LogP contribution >= 0.6 is 31.7 Å². The third-order valence-electron chi connectivity index (χ3n) is 2.01. The number of nitrogens with zero attached hydrogens (tertiary/aromatic N) is 1. The van der Waals surface area contributed by atoms with Crippen LogP contribution in [0.4, 0.5) is 0 Å². The van der Waals surface area contributed by atoms with Crippen molar-refractivity contribution in [1.82, 2.24) is 0 Å². The fourth-order valence-corrected chi connectivity index (χ4v) is 5.55. The van der Waals surface area contributed by atoms with Crippen molar-refractivity contribution in [2.24, 2.45) is 16.9 Å². The lowest BCUT2D eigenvalue weighted by Gasteiger charge is -2.25. The summed E-state index contributed by atoms with van der Waals surface area (Å²) in [7, 11) is -3.57. The van der Waals surface area contributed by atoms with Crippen LogP contribution in [-0.2, 0) is 17.3 Å². The van der Waals surface area contributed by atoms with E-state index in [1.54, 1.807) is 13.8 Å². The molecule has 0 heterocycles. The second kappa shape index (κ2) is 9.83. The fraction of sp³-hybridized carbons (Fsp3) is 0.800. The molecule has 0 radical (unpaired) electrons. The lowest BCUT2D eigenvalue weighted by molar-refractivity contribution is -0.113. The molecule has 0 saturated carbocycles. The first-order valence-corrected chi connectivity index (χ1v) is 9.35. The maximum absolute atomic E-state index is 12.8. The molecule has 0 rings (SSSR count). The first kappa shape index (κ1) is 19.0. The van der Waals surface area contributed by atoms with Crippen molar-refractivity contribution in [3.8, 4) is 0 Å². The molecular weight excluding hydrogens is 307 g/mol. The highest BCUT2D eigenvalue weighted by molar-refractivity contribution is 8.02. The molecule has 9 heteroatoms. The Morgan fingerprint density at radius 3 is 2.11 bits per heavy atom. The van der Waals surface area contributed by atoms with Gasteiger partial charge in [0.25, 0.3) is 0 Å². The summed E-state index contributed by atoms with van der Waals surface area (Å²) in [6.45, 7) is 7.27. The van der Waals surface area contributed by atoms with Crippen molar-refractivity contribution in [2.75, 3.05) is 11.5 Å². The molecule has 6 nitrogen and oxygen atoms in total. The van der Waals surface area contributed by atoms with Gasteiger partial charge >= 0.3 is 7.60 Å². The zero-order valence-corrected chi connectivity index (χ0v) is 14.1. The minimum absolute atomic E-state index is 0.216. The average molecular weight is 328 g/mol. The van der Waals surface area contributed by atoms with Crippen LogP contribution in [0.5, 0.6) is 0 Å². The van der Waals surface area contributed by atoms with Crippen LogP contribution in [0.25, 0.3) is 0 Å². The Hall–Kier alpha value is -0.0100. The summed E-state index contributed by atoms with van der Waals surface area (Å²) in [6, 6.07) is 0.